The lowest BCUT2D eigenvalue weighted by Crippen LogP contribution is -1.78. The van der Waals surface area contributed by atoms with Crippen molar-refractivity contribution in [3.63, 3.8) is 0 Å². The van der Waals surface area contributed by atoms with E-state index in [9.17, 15) is 4.79 Å². The molecule has 0 spiro atoms. The second-order valence-electron chi connectivity index (χ2n) is 3.01. The van der Waals surface area contributed by atoms with Crippen LogP contribution in [-0.4, -0.2) is 6.29 Å². The van der Waals surface area contributed by atoms with Crippen LogP contribution in [0.15, 0.2) is 18.2 Å². The lowest BCUT2D eigenvalue weighted by Gasteiger charge is -1.92. The van der Waals surface area contributed by atoms with E-state index in [4.69, 9.17) is 5.26 Å². The molecule has 0 N–H and O–H groups in total. The van der Waals surface area contributed by atoms with E-state index in [1.54, 1.807) is 6.07 Å². The predicted octanol–water partition coefficient (Wildman–Crippen LogP) is 2.89. The van der Waals surface area contributed by atoms with Gasteiger partial charge < -0.3 is 0 Å². The van der Waals surface area contributed by atoms with Crippen molar-refractivity contribution >= 4 is 27.7 Å². The Morgan fingerprint density at radius 1 is 1.50 bits per heavy atom. The molecule has 68 valence electrons. The van der Waals surface area contributed by atoms with Crippen LogP contribution >= 0.6 is 11.3 Å². The van der Waals surface area contributed by atoms with Crippen molar-refractivity contribution < 1.29 is 4.79 Å². The van der Waals surface area contributed by atoms with Crippen molar-refractivity contribution in [2.75, 3.05) is 0 Å². The number of hydrogen-bond donors (Lipinski definition) is 0. The van der Waals surface area contributed by atoms with Crippen LogP contribution in [-0.2, 0) is 0 Å². The Morgan fingerprint density at radius 3 is 2.93 bits per heavy atom. The minimum Gasteiger partial charge on any atom is -0.298 e. The summed E-state index contributed by atoms with van der Waals surface area (Å²) in [6, 6.07) is 7.69. The Morgan fingerprint density at radius 2 is 2.29 bits per heavy atom. The fourth-order valence-electron chi connectivity index (χ4n) is 1.46. The summed E-state index contributed by atoms with van der Waals surface area (Å²) in [5, 5.41) is 9.87. The van der Waals surface area contributed by atoms with Gasteiger partial charge in [0.1, 0.15) is 10.9 Å². The molecule has 0 unspecified atom stereocenters. The molecule has 0 aliphatic heterocycles. The maximum Gasteiger partial charge on any atom is 0.151 e. The Balaban J connectivity index is 2.92. The molecular weight excluding hydrogens is 194 g/mol. The molecule has 1 aromatic heterocycles. The van der Waals surface area contributed by atoms with E-state index in [-0.39, 0.29) is 0 Å². The highest BCUT2D eigenvalue weighted by atomic mass is 32.1. The van der Waals surface area contributed by atoms with Gasteiger partial charge in [-0.25, -0.2) is 0 Å². The van der Waals surface area contributed by atoms with Gasteiger partial charge in [-0.2, -0.15) is 5.26 Å². The second-order valence-corrected chi connectivity index (χ2v) is 4.03. The highest BCUT2D eigenvalue weighted by molar-refractivity contribution is 7.20. The van der Waals surface area contributed by atoms with E-state index >= 15 is 0 Å². The van der Waals surface area contributed by atoms with Gasteiger partial charge in [0.2, 0.25) is 0 Å². The van der Waals surface area contributed by atoms with E-state index in [1.807, 2.05) is 19.1 Å². The third-order valence-corrected chi connectivity index (χ3v) is 3.48. The maximum absolute atomic E-state index is 10.8. The Hall–Kier alpha value is -1.66. The smallest absolute Gasteiger partial charge is 0.151 e. The predicted molar refractivity (Wildman–Crippen MR) is 56.7 cm³/mol. The molecule has 0 saturated carbocycles. The molecule has 1 aromatic carbocycles. The molecule has 3 heteroatoms. The van der Waals surface area contributed by atoms with Gasteiger partial charge in [0.25, 0.3) is 0 Å². The van der Waals surface area contributed by atoms with Crippen LogP contribution in [0.4, 0.5) is 0 Å². The van der Waals surface area contributed by atoms with E-state index in [0.29, 0.717) is 10.4 Å². The van der Waals surface area contributed by atoms with Crippen LogP contribution in [0.1, 0.15) is 20.8 Å². The summed E-state index contributed by atoms with van der Waals surface area (Å²) in [5.41, 5.74) is 1.63. The normalized spacial score (nSPS) is 10.0. The molecular formula is C11H7NOS. The zero-order chi connectivity index (χ0) is 10.1. The molecule has 2 rings (SSSR count). The van der Waals surface area contributed by atoms with Gasteiger partial charge in [-0.05, 0) is 17.9 Å². The van der Waals surface area contributed by atoms with Crippen molar-refractivity contribution in [1.29, 1.82) is 5.26 Å². The van der Waals surface area contributed by atoms with Gasteiger partial charge in [-0.3, -0.25) is 4.79 Å². The van der Waals surface area contributed by atoms with Crippen LogP contribution in [0.2, 0.25) is 0 Å². The third kappa shape index (κ3) is 1.12. The first-order valence-electron chi connectivity index (χ1n) is 4.15. The molecule has 2 nitrogen and oxygen atoms in total. The fourth-order valence-corrected chi connectivity index (χ4v) is 2.54. The number of aryl methyl sites for hydroxylation is 1. The number of hydrogen-bond acceptors (Lipinski definition) is 3. The van der Waals surface area contributed by atoms with Crippen molar-refractivity contribution in [1.82, 2.24) is 0 Å². The molecule has 0 fully saturated rings. The monoisotopic (exact) mass is 201 g/mol. The average Bonchev–Trinajstić information content (AvgIpc) is 2.55. The number of nitrogens with zero attached hydrogens (tertiary/aromatic N) is 1. The molecule has 0 aliphatic rings. The summed E-state index contributed by atoms with van der Waals surface area (Å²) in [6.45, 7) is 1.91. The standard InChI is InChI=1S/C11H7NOS/c1-7-9-4-2-3-8(6-13)11(9)14-10(7)5-12/h2-4,6H,1H3. The van der Waals surface area contributed by atoms with Crippen molar-refractivity contribution in [2.24, 2.45) is 0 Å². The summed E-state index contributed by atoms with van der Waals surface area (Å²) < 4.78 is 0.913. The van der Waals surface area contributed by atoms with E-state index in [1.165, 1.54) is 11.3 Å². The number of thiophene rings is 1. The van der Waals surface area contributed by atoms with Gasteiger partial charge in [-0.15, -0.1) is 11.3 Å². The highest BCUT2D eigenvalue weighted by Gasteiger charge is 2.09. The SMILES string of the molecule is Cc1c(C#N)sc2c(C=O)cccc12. The first-order chi connectivity index (χ1) is 6.77. The van der Waals surface area contributed by atoms with Gasteiger partial charge in [0, 0.05) is 10.3 Å². The number of carbonyl (C=O) groups is 1. The number of benzene rings is 1. The third-order valence-electron chi connectivity index (χ3n) is 2.22. The summed E-state index contributed by atoms with van der Waals surface area (Å²) in [4.78, 5) is 11.4. The largest absolute Gasteiger partial charge is 0.298 e. The zero-order valence-corrected chi connectivity index (χ0v) is 8.39. The second kappa shape index (κ2) is 3.24. The highest BCUT2D eigenvalue weighted by Crippen LogP contribution is 2.31. The van der Waals surface area contributed by atoms with Crippen LogP contribution in [0, 0.1) is 18.3 Å². The van der Waals surface area contributed by atoms with Crippen molar-refractivity contribution in [3.8, 4) is 6.07 Å². The Kier molecular flexibility index (Phi) is 2.06. The average molecular weight is 201 g/mol. The van der Waals surface area contributed by atoms with Crippen LogP contribution < -0.4 is 0 Å². The van der Waals surface area contributed by atoms with Crippen LogP contribution in [0.3, 0.4) is 0 Å². The molecule has 0 bridgehead atoms. The summed E-state index contributed by atoms with van der Waals surface area (Å²) in [7, 11) is 0. The molecule has 0 atom stereocenters. The molecule has 2 aromatic rings. The van der Waals surface area contributed by atoms with Gasteiger partial charge in [0.05, 0.1) is 0 Å². The summed E-state index contributed by atoms with van der Waals surface area (Å²) in [5.74, 6) is 0. The first-order valence-corrected chi connectivity index (χ1v) is 4.97. The lowest BCUT2D eigenvalue weighted by molar-refractivity contribution is 0.112. The molecule has 0 saturated heterocycles. The molecule has 0 aliphatic carbocycles. The molecule has 14 heavy (non-hydrogen) atoms. The molecule has 0 amide bonds. The minimum absolute atomic E-state index is 0.664. The Labute approximate surface area is 85.4 Å². The molecule has 0 radical (unpaired) electrons. The van der Waals surface area contributed by atoms with Gasteiger partial charge >= 0.3 is 0 Å². The van der Waals surface area contributed by atoms with E-state index in [2.05, 4.69) is 6.07 Å². The van der Waals surface area contributed by atoms with Gasteiger partial charge in [0.15, 0.2) is 6.29 Å². The van der Waals surface area contributed by atoms with Crippen molar-refractivity contribution in [3.05, 3.63) is 34.2 Å². The number of rotatable bonds is 1. The zero-order valence-electron chi connectivity index (χ0n) is 7.57. The number of aldehydes is 1. The minimum atomic E-state index is 0.664. The summed E-state index contributed by atoms with van der Waals surface area (Å²) >= 11 is 1.38. The van der Waals surface area contributed by atoms with Crippen LogP contribution in [0.5, 0.6) is 0 Å². The van der Waals surface area contributed by atoms with E-state index in [0.717, 1.165) is 21.9 Å². The number of fused-ring (bicyclic) bond motifs is 1. The summed E-state index contributed by atoms with van der Waals surface area (Å²) in [6.07, 6.45) is 0.833. The lowest BCUT2D eigenvalue weighted by atomic mass is 10.1. The number of carbonyl (C=O) groups excluding carboxylic acids is 1. The van der Waals surface area contributed by atoms with Gasteiger partial charge in [-0.1, -0.05) is 18.2 Å². The quantitative estimate of drug-likeness (QED) is 0.665. The fraction of sp³-hybridized carbons (Fsp3) is 0.0909. The number of nitriles is 1. The molecule has 1 heterocycles. The van der Waals surface area contributed by atoms with E-state index < -0.39 is 0 Å². The van der Waals surface area contributed by atoms with Crippen molar-refractivity contribution in [2.45, 2.75) is 6.92 Å². The van der Waals surface area contributed by atoms with Crippen LogP contribution in [0.25, 0.3) is 10.1 Å². The first kappa shape index (κ1) is 8.92. The maximum atomic E-state index is 10.8. The Bertz CT molecular complexity index is 548. The topological polar surface area (TPSA) is 40.9 Å².